The van der Waals surface area contributed by atoms with Gasteiger partial charge in [0.25, 0.3) is 0 Å². The highest BCUT2D eigenvalue weighted by Crippen LogP contribution is 2.33. The van der Waals surface area contributed by atoms with Crippen LogP contribution in [0.15, 0.2) is 34.4 Å². The highest BCUT2D eigenvalue weighted by molar-refractivity contribution is 7.99. The molecule has 0 radical (unpaired) electrons. The first-order chi connectivity index (χ1) is 9.65. The lowest BCUT2D eigenvalue weighted by Gasteiger charge is -2.11. The smallest absolute Gasteiger partial charge is 0.147 e. The third-order valence-corrected chi connectivity index (χ3v) is 3.74. The van der Waals surface area contributed by atoms with Gasteiger partial charge in [-0.25, -0.2) is 24.6 Å². The van der Waals surface area contributed by atoms with E-state index in [1.807, 2.05) is 6.92 Å². The SMILES string of the molecule is CCCc1c(NN)ncnc1Sc1ccc(F)cc1F. The Hall–Kier alpha value is -1.73. The summed E-state index contributed by atoms with van der Waals surface area (Å²) in [6.45, 7) is 2.01. The zero-order chi connectivity index (χ0) is 14.5. The third kappa shape index (κ3) is 3.23. The van der Waals surface area contributed by atoms with Crippen molar-refractivity contribution in [2.75, 3.05) is 5.43 Å². The second-order valence-electron chi connectivity index (χ2n) is 4.08. The van der Waals surface area contributed by atoms with Crippen LogP contribution in [0.5, 0.6) is 0 Å². The first kappa shape index (κ1) is 14.7. The molecule has 106 valence electrons. The van der Waals surface area contributed by atoms with E-state index in [0.29, 0.717) is 22.2 Å². The van der Waals surface area contributed by atoms with Gasteiger partial charge in [-0.3, -0.25) is 0 Å². The fourth-order valence-corrected chi connectivity index (χ4v) is 2.67. The molecule has 0 aliphatic rings. The largest absolute Gasteiger partial charge is 0.308 e. The zero-order valence-electron chi connectivity index (χ0n) is 10.9. The minimum Gasteiger partial charge on any atom is -0.308 e. The van der Waals surface area contributed by atoms with Gasteiger partial charge in [0, 0.05) is 16.5 Å². The van der Waals surface area contributed by atoms with E-state index >= 15 is 0 Å². The summed E-state index contributed by atoms with van der Waals surface area (Å²) in [7, 11) is 0. The van der Waals surface area contributed by atoms with E-state index in [9.17, 15) is 8.78 Å². The number of aromatic nitrogens is 2. The summed E-state index contributed by atoms with van der Waals surface area (Å²) in [5.41, 5.74) is 3.34. The van der Waals surface area contributed by atoms with Crippen LogP contribution in [0.3, 0.4) is 0 Å². The Morgan fingerprint density at radius 2 is 2.10 bits per heavy atom. The van der Waals surface area contributed by atoms with Gasteiger partial charge in [-0.05, 0) is 18.6 Å². The van der Waals surface area contributed by atoms with Crippen LogP contribution in [0, 0.1) is 11.6 Å². The summed E-state index contributed by atoms with van der Waals surface area (Å²) in [5, 5.41) is 0.611. The fourth-order valence-electron chi connectivity index (χ4n) is 1.75. The number of rotatable bonds is 5. The van der Waals surface area contributed by atoms with Gasteiger partial charge >= 0.3 is 0 Å². The molecule has 7 heteroatoms. The molecule has 20 heavy (non-hydrogen) atoms. The molecule has 0 spiro atoms. The second-order valence-corrected chi connectivity index (χ2v) is 5.11. The van der Waals surface area contributed by atoms with Crippen molar-refractivity contribution in [2.24, 2.45) is 5.84 Å². The van der Waals surface area contributed by atoms with E-state index in [1.54, 1.807) is 0 Å². The Labute approximate surface area is 119 Å². The quantitative estimate of drug-likeness (QED) is 0.504. The molecular weight excluding hydrogens is 282 g/mol. The zero-order valence-corrected chi connectivity index (χ0v) is 11.7. The molecule has 0 aliphatic carbocycles. The monoisotopic (exact) mass is 296 g/mol. The van der Waals surface area contributed by atoms with Gasteiger partial charge in [0.2, 0.25) is 0 Å². The summed E-state index contributed by atoms with van der Waals surface area (Å²) in [5.74, 6) is 4.72. The van der Waals surface area contributed by atoms with Crippen molar-refractivity contribution in [2.45, 2.75) is 29.7 Å². The molecule has 0 amide bonds. The molecule has 1 heterocycles. The predicted octanol–water partition coefficient (Wildman–Crippen LogP) is 3.14. The number of nitrogens with zero attached hydrogens (tertiary/aromatic N) is 2. The highest BCUT2D eigenvalue weighted by atomic mass is 32.2. The molecule has 0 unspecified atom stereocenters. The number of anilines is 1. The maximum atomic E-state index is 13.7. The molecule has 1 aromatic heterocycles. The number of hydrazine groups is 1. The summed E-state index contributed by atoms with van der Waals surface area (Å²) in [6, 6.07) is 3.46. The molecule has 2 rings (SSSR count). The van der Waals surface area contributed by atoms with E-state index in [-0.39, 0.29) is 0 Å². The van der Waals surface area contributed by atoms with Gasteiger partial charge in [-0.15, -0.1) is 0 Å². The van der Waals surface area contributed by atoms with Gasteiger partial charge in [-0.2, -0.15) is 0 Å². The molecule has 4 nitrogen and oxygen atoms in total. The Morgan fingerprint density at radius 3 is 2.75 bits per heavy atom. The normalized spacial score (nSPS) is 10.6. The predicted molar refractivity (Wildman–Crippen MR) is 74.3 cm³/mol. The van der Waals surface area contributed by atoms with Crippen LogP contribution in [0.4, 0.5) is 14.6 Å². The molecule has 3 N–H and O–H groups in total. The summed E-state index contributed by atoms with van der Waals surface area (Å²) < 4.78 is 26.6. The Bertz CT molecular complexity index is 607. The molecule has 0 atom stereocenters. The molecule has 0 aliphatic heterocycles. The van der Waals surface area contributed by atoms with Crippen molar-refractivity contribution >= 4 is 17.6 Å². The van der Waals surface area contributed by atoms with Crippen molar-refractivity contribution in [3.63, 3.8) is 0 Å². The summed E-state index contributed by atoms with van der Waals surface area (Å²) in [4.78, 5) is 8.51. The molecule has 0 saturated heterocycles. The van der Waals surface area contributed by atoms with Crippen molar-refractivity contribution in [1.29, 1.82) is 0 Å². The van der Waals surface area contributed by atoms with E-state index in [1.165, 1.54) is 18.5 Å². The number of hydrogen-bond donors (Lipinski definition) is 2. The lowest BCUT2D eigenvalue weighted by atomic mass is 10.2. The van der Waals surface area contributed by atoms with Crippen LogP contribution >= 0.6 is 11.8 Å². The Balaban J connectivity index is 2.37. The molecule has 0 fully saturated rings. The number of halogens is 2. The molecule has 1 aromatic carbocycles. The standard InChI is InChI=1S/C13H14F2N4S/c1-2-3-9-12(19-16)17-7-18-13(9)20-11-5-4-8(14)6-10(11)15/h4-7H,2-3,16H2,1H3,(H,17,18,19). The second kappa shape index (κ2) is 6.62. The number of nitrogens with two attached hydrogens (primary N) is 1. The minimum atomic E-state index is -0.613. The Kier molecular flexibility index (Phi) is 4.86. The van der Waals surface area contributed by atoms with Crippen LogP contribution in [-0.2, 0) is 6.42 Å². The fraction of sp³-hybridized carbons (Fsp3) is 0.231. The molecule has 2 aromatic rings. The van der Waals surface area contributed by atoms with Gasteiger partial charge in [-0.1, -0.05) is 25.1 Å². The minimum absolute atomic E-state index is 0.311. The van der Waals surface area contributed by atoms with Crippen LogP contribution in [0.1, 0.15) is 18.9 Å². The van der Waals surface area contributed by atoms with Crippen molar-refractivity contribution in [3.8, 4) is 0 Å². The van der Waals surface area contributed by atoms with Crippen molar-refractivity contribution in [3.05, 3.63) is 41.7 Å². The highest BCUT2D eigenvalue weighted by Gasteiger charge is 2.13. The summed E-state index contributed by atoms with van der Waals surface area (Å²) >= 11 is 1.13. The van der Waals surface area contributed by atoms with Gasteiger partial charge in [0.05, 0.1) is 0 Å². The van der Waals surface area contributed by atoms with E-state index in [4.69, 9.17) is 5.84 Å². The lowest BCUT2D eigenvalue weighted by Crippen LogP contribution is -2.12. The van der Waals surface area contributed by atoms with Gasteiger partial charge < -0.3 is 5.43 Å². The topological polar surface area (TPSA) is 63.8 Å². The van der Waals surface area contributed by atoms with E-state index in [0.717, 1.165) is 29.8 Å². The van der Waals surface area contributed by atoms with Crippen LogP contribution in [0.2, 0.25) is 0 Å². The van der Waals surface area contributed by atoms with Crippen LogP contribution in [-0.4, -0.2) is 9.97 Å². The number of hydrogen-bond acceptors (Lipinski definition) is 5. The lowest BCUT2D eigenvalue weighted by molar-refractivity contribution is 0.565. The van der Waals surface area contributed by atoms with Crippen molar-refractivity contribution in [1.82, 2.24) is 9.97 Å². The van der Waals surface area contributed by atoms with Gasteiger partial charge in [0.1, 0.15) is 28.8 Å². The van der Waals surface area contributed by atoms with Crippen LogP contribution in [0.25, 0.3) is 0 Å². The van der Waals surface area contributed by atoms with Crippen molar-refractivity contribution < 1.29 is 8.78 Å². The molecule has 0 saturated carbocycles. The number of nitrogen functional groups attached to an aromatic ring is 1. The maximum Gasteiger partial charge on any atom is 0.147 e. The Morgan fingerprint density at radius 1 is 1.30 bits per heavy atom. The average molecular weight is 296 g/mol. The van der Waals surface area contributed by atoms with E-state index in [2.05, 4.69) is 15.4 Å². The number of benzene rings is 1. The van der Waals surface area contributed by atoms with E-state index < -0.39 is 11.6 Å². The third-order valence-electron chi connectivity index (χ3n) is 2.64. The van der Waals surface area contributed by atoms with Gasteiger partial charge in [0.15, 0.2) is 0 Å². The first-order valence-electron chi connectivity index (χ1n) is 6.09. The summed E-state index contributed by atoms with van der Waals surface area (Å²) in [6.07, 6.45) is 2.95. The average Bonchev–Trinajstić information content (AvgIpc) is 2.43. The molecular formula is C13H14F2N4S. The maximum absolute atomic E-state index is 13.7. The molecule has 0 bridgehead atoms. The number of nitrogens with one attached hydrogen (secondary N) is 1. The van der Waals surface area contributed by atoms with Crippen LogP contribution < -0.4 is 11.3 Å². The first-order valence-corrected chi connectivity index (χ1v) is 6.90.